The van der Waals surface area contributed by atoms with Crippen molar-refractivity contribution >= 4 is 18.6 Å². The van der Waals surface area contributed by atoms with Gasteiger partial charge in [-0.15, -0.1) is 0 Å². The first-order valence-electron chi connectivity index (χ1n) is 5.97. The maximum atomic E-state index is 11.5. The number of esters is 1. The van der Waals surface area contributed by atoms with E-state index in [-0.39, 0.29) is 11.6 Å². The monoisotopic (exact) mass is 245 g/mol. The number of hydrogen-bond donors (Lipinski definition) is 1. The van der Waals surface area contributed by atoms with Gasteiger partial charge in [0.1, 0.15) is 5.60 Å². The highest BCUT2D eigenvalue weighted by Gasteiger charge is 2.35. The number of piperidine rings is 1. The zero-order chi connectivity index (χ0) is 12.2. The lowest BCUT2D eigenvalue weighted by Gasteiger charge is -2.39. The van der Waals surface area contributed by atoms with E-state index in [0.29, 0.717) is 18.1 Å². The zero-order valence-electron chi connectivity index (χ0n) is 10.5. The molecule has 0 saturated carbocycles. The summed E-state index contributed by atoms with van der Waals surface area (Å²) in [6.45, 7) is 6.21. The fourth-order valence-electron chi connectivity index (χ4n) is 2.25. The first-order chi connectivity index (χ1) is 7.45. The lowest BCUT2D eigenvalue weighted by Crippen LogP contribution is -2.45. The van der Waals surface area contributed by atoms with Crippen molar-refractivity contribution in [2.75, 3.05) is 25.9 Å². The summed E-state index contributed by atoms with van der Waals surface area (Å²) in [7, 11) is 2.12. The standard InChI is InChI=1S/C12H23NO2S/c1-12(2,15-11(14)6-8-16)10-5-4-7-13(3)9-10/h10,16H,4-9H2,1-3H3. The Kier molecular flexibility index (Phi) is 5.12. The molecule has 16 heavy (non-hydrogen) atoms. The molecule has 1 saturated heterocycles. The molecule has 0 N–H and O–H groups in total. The largest absolute Gasteiger partial charge is 0.459 e. The number of thiol groups is 1. The molecular formula is C12H23NO2S. The molecule has 1 fully saturated rings. The summed E-state index contributed by atoms with van der Waals surface area (Å²) in [5.41, 5.74) is -0.352. The number of likely N-dealkylation sites (tertiary alicyclic amines) is 1. The van der Waals surface area contributed by atoms with Gasteiger partial charge >= 0.3 is 5.97 Å². The molecule has 1 aliphatic heterocycles. The number of rotatable bonds is 4. The van der Waals surface area contributed by atoms with Crippen LogP contribution >= 0.6 is 12.6 Å². The maximum absolute atomic E-state index is 11.5. The van der Waals surface area contributed by atoms with E-state index in [2.05, 4.69) is 24.6 Å². The topological polar surface area (TPSA) is 29.5 Å². The van der Waals surface area contributed by atoms with Crippen LogP contribution in [0.15, 0.2) is 0 Å². The average molecular weight is 245 g/mol. The van der Waals surface area contributed by atoms with Crippen molar-refractivity contribution in [1.82, 2.24) is 4.90 Å². The van der Waals surface area contributed by atoms with E-state index in [4.69, 9.17) is 4.74 Å². The Bertz CT molecular complexity index is 243. The summed E-state index contributed by atoms with van der Waals surface area (Å²) < 4.78 is 5.55. The Morgan fingerprint density at radius 2 is 2.25 bits per heavy atom. The van der Waals surface area contributed by atoms with E-state index < -0.39 is 0 Å². The van der Waals surface area contributed by atoms with Gasteiger partial charge in [0.2, 0.25) is 0 Å². The van der Waals surface area contributed by atoms with Gasteiger partial charge in [0.05, 0.1) is 6.42 Å². The smallest absolute Gasteiger partial charge is 0.307 e. The van der Waals surface area contributed by atoms with Gasteiger partial charge in [-0.25, -0.2) is 0 Å². The van der Waals surface area contributed by atoms with Crippen molar-refractivity contribution in [1.29, 1.82) is 0 Å². The fourth-order valence-corrected chi connectivity index (χ4v) is 2.44. The Morgan fingerprint density at radius 3 is 2.81 bits per heavy atom. The Labute approximate surface area is 104 Å². The van der Waals surface area contributed by atoms with Crippen LogP contribution in [0.4, 0.5) is 0 Å². The molecule has 0 spiro atoms. The molecule has 4 heteroatoms. The first kappa shape index (κ1) is 13.8. The van der Waals surface area contributed by atoms with Crippen molar-refractivity contribution in [2.45, 2.75) is 38.7 Å². The van der Waals surface area contributed by atoms with Gasteiger partial charge in [0.15, 0.2) is 0 Å². The molecule has 1 heterocycles. The fraction of sp³-hybridized carbons (Fsp3) is 0.917. The molecule has 1 atom stereocenters. The number of hydrogen-bond acceptors (Lipinski definition) is 4. The molecule has 0 aromatic heterocycles. The Balaban J connectivity index is 2.51. The van der Waals surface area contributed by atoms with Crippen LogP contribution in [0, 0.1) is 5.92 Å². The van der Waals surface area contributed by atoms with Crippen molar-refractivity contribution < 1.29 is 9.53 Å². The summed E-state index contributed by atoms with van der Waals surface area (Å²) in [5, 5.41) is 0. The minimum Gasteiger partial charge on any atom is -0.459 e. The van der Waals surface area contributed by atoms with Crippen LogP contribution in [0.3, 0.4) is 0 Å². The predicted octanol–water partition coefficient (Wildman–Crippen LogP) is 1.97. The predicted molar refractivity (Wildman–Crippen MR) is 68.9 cm³/mol. The van der Waals surface area contributed by atoms with E-state index in [1.807, 2.05) is 13.8 Å². The first-order valence-corrected chi connectivity index (χ1v) is 6.60. The molecule has 0 aromatic carbocycles. The van der Waals surface area contributed by atoms with E-state index >= 15 is 0 Å². The molecule has 0 radical (unpaired) electrons. The van der Waals surface area contributed by atoms with E-state index in [1.165, 1.54) is 6.42 Å². The summed E-state index contributed by atoms with van der Waals surface area (Å²) in [6, 6.07) is 0. The highest BCUT2D eigenvalue weighted by Crippen LogP contribution is 2.29. The molecule has 94 valence electrons. The molecule has 1 aliphatic rings. The van der Waals surface area contributed by atoms with Crippen LogP contribution in [0.25, 0.3) is 0 Å². The molecule has 0 bridgehead atoms. The van der Waals surface area contributed by atoms with Gasteiger partial charge in [-0.05, 0) is 40.3 Å². The molecular weight excluding hydrogens is 222 g/mol. The van der Waals surface area contributed by atoms with Gasteiger partial charge in [-0.3, -0.25) is 4.79 Å². The molecule has 0 aromatic rings. The maximum Gasteiger partial charge on any atom is 0.307 e. The van der Waals surface area contributed by atoms with Crippen molar-refractivity contribution in [2.24, 2.45) is 5.92 Å². The average Bonchev–Trinajstić information content (AvgIpc) is 2.17. The van der Waals surface area contributed by atoms with Crippen LogP contribution < -0.4 is 0 Å². The SMILES string of the molecule is CN1CCCC(C(C)(C)OC(=O)CCS)C1. The summed E-state index contributed by atoms with van der Waals surface area (Å²) in [6.07, 6.45) is 2.73. The molecule has 1 unspecified atom stereocenters. The summed E-state index contributed by atoms with van der Waals surface area (Å²) in [4.78, 5) is 13.8. The molecule has 1 rings (SSSR count). The molecule has 0 aliphatic carbocycles. The Morgan fingerprint density at radius 1 is 1.56 bits per heavy atom. The van der Waals surface area contributed by atoms with Gasteiger partial charge in [0, 0.05) is 18.2 Å². The number of carbonyl (C=O) groups excluding carboxylic acids is 1. The van der Waals surface area contributed by atoms with Crippen molar-refractivity contribution in [3.8, 4) is 0 Å². The van der Waals surface area contributed by atoms with Crippen molar-refractivity contribution in [3.05, 3.63) is 0 Å². The van der Waals surface area contributed by atoms with E-state index in [9.17, 15) is 4.79 Å². The number of carbonyl (C=O) groups is 1. The number of ether oxygens (including phenoxy) is 1. The minimum atomic E-state index is -0.352. The van der Waals surface area contributed by atoms with E-state index in [1.54, 1.807) is 0 Å². The highest BCUT2D eigenvalue weighted by molar-refractivity contribution is 7.80. The lowest BCUT2D eigenvalue weighted by atomic mass is 9.84. The second-order valence-corrected chi connectivity index (χ2v) is 5.60. The van der Waals surface area contributed by atoms with Crippen LogP contribution in [0.1, 0.15) is 33.1 Å². The van der Waals surface area contributed by atoms with Gasteiger partial charge in [-0.1, -0.05) is 0 Å². The molecule has 3 nitrogen and oxygen atoms in total. The second-order valence-electron chi connectivity index (χ2n) is 5.15. The Hall–Kier alpha value is -0.220. The summed E-state index contributed by atoms with van der Waals surface area (Å²) >= 11 is 4.04. The highest BCUT2D eigenvalue weighted by atomic mass is 32.1. The number of nitrogens with zero attached hydrogens (tertiary/aromatic N) is 1. The third-order valence-electron chi connectivity index (χ3n) is 3.30. The van der Waals surface area contributed by atoms with Gasteiger partial charge in [0.25, 0.3) is 0 Å². The van der Waals surface area contributed by atoms with Crippen LogP contribution in [-0.2, 0) is 9.53 Å². The second kappa shape index (κ2) is 5.92. The normalized spacial score (nSPS) is 23.1. The third-order valence-corrected chi connectivity index (χ3v) is 3.52. The lowest BCUT2D eigenvalue weighted by molar-refractivity contribution is -0.163. The zero-order valence-corrected chi connectivity index (χ0v) is 11.4. The quantitative estimate of drug-likeness (QED) is 0.606. The van der Waals surface area contributed by atoms with Gasteiger partial charge < -0.3 is 9.64 Å². The third kappa shape index (κ3) is 3.98. The minimum absolute atomic E-state index is 0.131. The van der Waals surface area contributed by atoms with Crippen LogP contribution in [0.2, 0.25) is 0 Å². The van der Waals surface area contributed by atoms with Crippen LogP contribution in [-0.4, -0.2) is 42.4 Å². The summed E-state index contributed by atoms with van der Waals surface area (Å²) in [5.74, 6) is 0.864. The van der Waals surface area contributed by atoms with Crippen LogP contribution in [0.5, 0.6) is 0 Å². The molecule has 0 amide bonds. The van der Waals surface area contributed by atoms with Crippen molar-refractivity contribution in [3.63, 3.8) is 0 Å². The van der Waals surface area contributed by atoms with E-state index in [0.717, 1.165) is 19.5 Å². The van der Waals surface area contributed by atoms with Gasteiger partial charge in [-0.2, -0.15) is 12.6 Å².